The lowest BCUT2D eigenvalue weighted by Crippen LogP contribution is -2.10. The molecule has 0 N–H and O–H groups in total. The van der Waals surface area contributed by atoms with Crippen molar-refractivity contribution in [3.8, 4) is 5.75 Å². The fourth-order valence-corrected chi connectivity index (χ4v) is 5.57. The Labute approximate surface area is 125 Å². The molecule has 0 amide bonds. The molecule has 0 aliphatic rings. The van der Waals surface area contributed by atoms with E-state index in [0.717, 1.165) is 22.9 Å². The highest BCUT2D eigenvalue weighted by atomic mass is 79.9. The Bertz CT molecular complexity index is 514. The van der Waals surface area contributed by atoms with E-state index in [0.29, 0.717) is 12.4 Å². The Kier molecular flexibility index (Phi) is 6.16. The minimum Gasteiger partial charge on any atom is -0.492 e. The Morgan fingerprint density at radius 1 is 1.16 bits per heavy atom. The zero-order chi connectivity index (χ0) is 14.5. The first-order valence-electron chi connectivity index (χ1n) is 5.68. The topological polar surface area (TPSA) is 52.6 Å². The number of alkyl halides is 1. The second-order valence-electron chi connectivity index (χ2n) is 4.34. The highest BCUT2D eigenvalue weighted by molar-refractivity contribution is 9.09. The van der Waals surface area contributed by atoms with Crippen LogP contribution in [-0.2, 0) is 13.7 Å². The van der Waals surface area contributed by atoms with Gasteiger partial charge in [0.15, 0.2) is 0 Å². The van der Waals surface area contributed by atoms with Gasteiger partial charge in [0.05, 0.1) is 17.8 Å². The molecule has 0 aliphatic carbocycles. The first kappa shape index (κ1) is 16.8. The Hall–Kier alpha value is -0.240. The van der Waals surface area contributed by atoms with Crippen LogP contribution in [0.15, 0.2) is 29.2 Å². The van der Waals surface area contributed by atoms with Crippen molar-refractivity contribution >= 4 is 36.4 Å². The van der Waals surface area contributed by atoms with Crippen LogP contribution < -0.4 is 4.74 Å². The first-order chi connectivity index (χ1) is 8.76. The Morgan fingerprint density at radius 2 is 1.79 bits per heavy atom. The molecule has 0 atom stereocenters. The summed E-state index contributed by atoms with van der Waals surface area (Å²) in [5.41, 5.74) is 0. The number of hydrogen-bond donors (Lipinski definition) is 0. The zero-order valence-corrected chi connectivity index (χ0v) is 14.5. The van der Waals surface area contributed by atoms with Gasteiger partial charge in [0.25, 0.3) is 10.1 Å². The van der Waals surface area contributed by atoms with E-state index in [9.17, 15) is 8.42 Å². The summed E-state index contributed by atoms with van der Waals surface area (Å²) in [5.74, 6) is 0.687. The lowest BCUT2D eigenvalue weighted by Gasteiger charge is -2.31. The van der Waals surface area contributed by atoms with Gasteiger partial charge in [0, 0.05) is 5.33 Å². The van der Waals surface area contributed by atoms with Gasteiger partial charge in [-0.25, -0.2) is 3.63 Å². The van der Waals surface area contributed by atoms with Crippen LogP contribution in [0.4, 0.5) is 0 Å². The van der Waals surface area contributed by atoms with Gasteiger partial charge in [0.1, 0.15) is 5.75 Å². The van der Waals surface area contributed by atoms with Crippen molar-refractivity contribution in [3.63, 3.8) is 0 Å². The second kappa shape index (κ2) is 6.97. The lowest BCUT2D eigenvalue weighted by molar-refractivity contribution is 0.311. The molecule has 0 saturated heterocycles. The molecular formula is C12H19BrO4S2. The lowest BCUT2D eigenvalue weighted by atomic mass is 10.3. The van der Waals surface area contributed by atoms with E-state index in [1.54, 1.807) is 12.5 Å². The standard InChI is InChI=1S/C12H19BrO4S2/c1-18(2,17-19(3,14)15)12-8-5-4-7-11(12)16-10-6-9-13/h4-5,7-8H,6,9-10H2,1-3H3. The number of benzene rings is 1. The zero-order valence-electron chi connectivity index (χ0n) is 11.3. The third kappa shape index (κ3) is 5.72. The van der Waals surface area contributed by atoms with Crippen LogP contribution in [0.2, 0.25) is 0 Å². The third-order valence-electron chi connectivity index (χ3n) is 2.21. The van der Waals surface area contributed by atoms with Gasteiger partial charge in [-0.05, 0) is 31.1 Å². The maximum Gasteiger partial charge on any atom is 0.273 e. The van der Waals surface area contributed by atoms with Crippen LogP contribution in [-0.4, -0.2) is 39.1 Å². The first-order valence-corrected chi connectivity index (χ1v) is 11.0. The molecular weight excluding hydrogens is 352 g/mol. The number of halogens is 1. The molecule has 7 heteroatoms. The molecule has 19 heavy (non-hydrogen) atoms. The average molecular weight is 371 g/mol. The van der Waals surface area contributed by atoms with Crippen molar-refractivity contribution in [2.45, 2.75) is 11.3 Å². The minimum atomic E-state index is -3.50. The van der Waals surface area contributed by atoms with Crippen LogP contribution in [0.1, 0.15) is 6.42 Å². The number of hydrogen-bond acceptors (Lipinski definition) is 4. The molecule has 1 aromatic rings. The van der Waals surface area contributed by atoms with E-state index in [4.69, 9.17) is 8.37 Å². The van der Waals surface area contributed by atoms with Crippen molar-refractivity contribution in [2.75, 3.05) is 30.7 Å². The number of para-hydroxylation sites is 1. The van der Waals surface area contributed by atoms with Crippen LogP contribution in [0, 0.1) is 0 Å². The summed E-state index contributed by atoms with van der Waals surface area (Å²) >= 11 is 3.34. The number of rotatable bonds is 7. The van der Waals surface area contributed by atoms with Gasteiger partial charge in [-0.1, -0.05) is 38.4 Å². The summed E-state index contributed by atoms with van der Waals surface area (Å²) in [4.78, 5) is 0.801. The summed E-state index contributed by atoms with van der Waals surface area (Å²) in [6.45, 7) is 0.580. The molecule has 0 unspecified atom stereocenters. The van der Waals surface area contributed by atoms with Crippen molar-refractivity contribution in [1.29, 1.82) is 0 Å². The van der Waals surface area contributed by atoms with E-state index in [1.165, 1.54) is 0 Å². The summed E-state index contributed by atoms with van der Waals surface area (Å²) < 4.78 is 33.6. The smallest absolute Gasteiger partial charge is 0.273 e. The van der Waals surface area contributed by atoms with E-state index in [-0.39, 0.29) is 0 Å². The van der Waals surface area contributed by atoms with E-state index >= 15 is 0 Å². The molecule has 0 aliphatic heterocycles. The second-order valence-corrected chi connectivity index (χ2v) is 9.99. The molecule has 0 heterocycles. The van der Waals surface area contributed by atoms with Gasteiger partial charge < -0.3 is 4.74 Å². The molecule has 1 rings (SSSR count). The monoisotopic (exact) mass is 370 g/mol. The Morgan fingerprint density at radius 3 is 2.37 bits per heavy atom. The van der Waals surface area contributed by atoms with Crippen LogP contribution in [0.25, 0.3) is 0 Å². The molecule has 0 spiro atoms. The summed E-state index contributed by atoms with van der Waals surface area (Å²) in [6.07, 6.45) is 5.54. The molecule has 0 fully saturated rings. The maximum absolute atomic E-state index is 11.3. The van der Waals surface area contributed by atoms with E-state index in [2.05, 4.69) is 15.9 Å². The predicted octanol–water partition coefficient (Wildman–Crippen LogP) is 3.16. The van der Waals surface area contributed by atoms with E-state index < -0.39 is 20.4 Å². The highest BCUT2D eigenvalue weighted by Gasteiger charge is 2.24. The quantitative estimate of drug-likeness (QED) is 0.546. The highest BCUT2D eigenvalue weighted by Crippen LogP contribution is 2.55. The van der Waals surface area contributed by atoms with E-state index in [1.807, 2.05) is 24.3 Å². The predicted molar refractivity (Wildman–Crippen MR) is 84.0 cm³/mol. The van der Waals surface area contributed by atoms with Crippen molar-refractivity contribution in [1.82, 2.24) is 0 Å². The van der Waals surface area contributed by atoms with Gasteiger partial charge in [-0.2, -0.15) is 8.42 Å². The maximum atomic E-state index is 11.3. The van der Waals surface area contributed by atoms with Crippen molar-refractivity contribution < 1.29 is 16.8 Å². The molecule has 0 radical (unpaired) electrons. The van der Waals surface area contributed by atoms with Gasteiger partial charge in [-0.3, -0.25) is 0 Å². The molecule has 0 saturated carbocycles. The third-order valence-corrected chi connectivity index (χ3v) is 6.51. The number of ether oxygens (including phenoxy) is 1. The minimum absolute atomic E-state index is 0.580. The average Bonchev–Trinajstić information content (AvgIpc) is 2.27. The van der Waals surface area contributed by atoms with Crippen LogP contribution in [0.5, 0.6) is 5.75 Å². The summed E-state index contributed by atoms with van der Waals surface area (Å²) in [6, 6.07) is 7.41. The van der Waals surface area contributed by atoms with Crippen molar-refractivity contribution in [3.05, 3.63) is 24.3 Å². The van der Waals surface area contributed by atoms with Crippen LogP contribution in [0.3, 0.4) is 0 Å². The molecule has 110 valence electrons. The molecule has 0 bridgehead atoms. The largest absolute Gasteiger partial charge is 0.492 e. The molecule has 1 aromatic carbocycles. The normalized spacial score (nSPS) is 13.3. The van der Waals surface area contributed by atoms with Gasteiger partial charge in [-0.15, -0.1) is 0 Å². The summed E-state index contributed by atoms with van der Waals surface area (Å²) in [7, 11) is -5.41. The van der Waals surface area contributed by atoms with Crippen molar-refractivity contribution in [2.24, 2.45) is 0 Å². The van der Waals surface area contributed by atoms with Gasteiger partial charge >= 0.3 is 0 Å². The molecule has 0 aromatic heterocycles. The fourth-order valence-electron chi connectivity index (χ4n) is 1.56. The fraction of sp³-hybridized carbons (Fsp3) is 0.500. The summed E-state index contributed by atoms with van der Waals surface area (Å²) in [5, 5.41) is 0.866. The SMILES string of the molecule is CS(C)(OS(C)(=O)=O)c1ccccc1OCCCBr. The Balaban J connectivity index is 2.98. The molecule has 4 nitrogen and oxygen atoms in total. The van der Waals surface area contributed by atoms with Crippen LogP contribution >= 0.6 is 26.2 Å². The van der Waals surface area contributed by atoms with Gasteiger partial charge in [0.2, 0.25) is 0 Å².